The van der Waals surface area contributed by atoms with Crippen LogP contribution in [0.1, 0.15) is 38.2 Å². The molecule has 0 radical (unpaired) electrons. The number of hydrogen-bond acceptors (Lipinski definition) is 1. The molecule has 0 bridgehead atoms. The average molecular weight is 254 g/mol. The zero-order valence-electron chi connectivity index (χ0n) is 11.6. The topological polar surface area (TPSA) is 20.2 Å². The van der Waals surface area contributed by atoms with Gasteiger partial charge in [-0.3, -0.25) is 0 Å². The molecule has 0 saturated heterocycles. The summed E-state index contributed by atoms with van der Waals surface area (Å²) in [6.07, 6.45) is 14.8. The van der Waals surface area contributed by atoms with Crippen LogP contribution in [0.5, 0.6) is 5.75 Å². The van der Waals surface area contributed by atoms with Crippen LogP contribution in [0.15, 0.2) is 59.7 Å². The Labute approximate surface area is 116 Å². The molecule has 1 aliphatic carbocycles. The predicted octanol–water partition coefficient (Wildman–Crippen LogP) is 4.94. The van der Waals surface area contributed by atoms with Crippen molar-refractivity contribution in [2.45, 2.75) is 39.0 Å². The van der Waals surface area contributed by atoms with E-state index in [1.807, 2.05) is 12.1 Å². The Kier molecular flexibility index (Phi) is 5.02. The van der Waals surface area contributed by atoms with Gasteiger partial charge in [0.2, 0.25) is 0 Å². The summed E-state index contributed by atoms with van der Waals surface area (Å²) in [5, 5.41) is 9.26. The highest BCUT2D eigenvalue weighted by Gasteiger charge is 2.05. The summed E-state index contributed by atoms with van der Waals surface area (Å²) < 4.78 is 0. The summed E-state index contributed by atoms with van der Waals surface area (Å²) in [7, 11) is 0. The average Bonchev–Trinajstić information content (AvgIpc) is 2.86. The molecular formula is C18H22O. The van der Waals surface area contributed by atoms with Gasteiger partial charge in [0.25, 0.3) is 0 Å². The first-order chi connectivity index (χ1) is 9.29. The number of hydrogen-bond donors (Lipinski definition) is 1. The quantitative estimate of drug-likeness (QED) is 0.713. The van der Waals surface area contributed by atoms with Crippen molar-refractivity contribution in [3.63, 3.8) is 0 Å². The van der Waals surface area contributed by atoms with Crippen molar-refractivity contribution in [3.05, 3.63) is 65.3 Å². The smallest absolute Gasteiger partial charge is 0.115 e. The van der Waals surface area contributed by atoms with E-state index in [0.29, 0.717) is 5.75 Å². The lowest BCUT2D eigenvalue weighted by molar-refractivity contribution is 0.475. The van der Waals surface area contributed by atoms with Gasteiger partial charge < -0.3 is 5.11 Å². The fourth-order valence-electron chi connectivity index (χ4n) is 2.32. The molecule has 0 aromatic heterocycles. The fraction of sp³-hybridized carbons (Fsp3) is 0.333. The van der Waals surface area contributed by atoms with E-state index in [2.05, 4.69) is 31.2 Å². The van der Waals surface area contributed by atoms with Crippen molar-refractivity contribution < 1.29 is 5.11 Å². The highest BCUT2D eigenvalue weighted by Crippen LogP contribution is 2.24. The van der Waals surface area contributed by atoms with Crippen LogP contribution in [-0.2, 0) is 6.42 Å². The monoisotopic (exact) mass is 254 g/mol. The van der Waals surface area contributed by atoms with E-state index in [-0.39, 0.29) is 0 Å². The number of unbranched alkanes of at least 4 members (excludes halogenated alkanes) is 2. The summed E-state index contributed by atoms with van der Waals surface area (Å²) in [4.78, 5) is 0. The molecule has 100 valence electrons. The Balaban J connectivity index is 1.93. The Bertz CT molecular complexity index is 489. The number of benzene rings is 1. The molecule has 19 heavy (non-hydrogen) atoms. The van der Waals surface area contributed by atoms with E-state index < -0.39 is 0 Å². The summed E-state index contributed by atoms with van der Waals surface area (Å²) in [5.41, 5.74) is 4.06. The minimum absolute atomic E-state index is 0.331. The second-order valence-corrected chi connectivity index (χ2v) is 5.04. The van der Waals surface area contributed by atoms with Crippen LogP contribution < -0.4 is 0 Å². The van der Waals surface area contributed by atoms with Gasteiger partial charge in [-0.1, -0.05) is 56.2 Å². The molecule has 1 heteroatoms. The molecule has 0 unspecified atom stereocenters. The zero-order valence-corrected chi connectivity index (χ0v) is 11.6. The van der Waals surface area contributed by atoms with Crippen LogP contribution in [0.4, 0.5) is 0 Å². The summed E-state index contributed by atoms with van der Waals surface area (Å²) in [6.45, 7) is 2.24. The van der Waals surface area contributed by atoms with Crippen LogP contribution in [0, 0.1) is 0 Å². The molecule has 0 amide bonds. The first-order valence-corrected chi connectivity index (χ1v) is 7.15. The third-order valence-electron chi connectivity index (χ3n) is 3.49. The maximum atomic E-state index is 9.26. The number of phenols is 1. The molecule has 0 heterocycles. The molecular weight excluding hydrogens is 232 g/mol. The van der Waals surface area contributed by atoms with E-state index >= 15 is 0 Å². The summed E-state index contributed by atoms with van der Waals surface area (Å²) >= 11 is 0. The molecule has 0 saturated carbocycles. The molecule has 0 atom stereocenters. The highest BCUT2D eigenvalue weighted by atomic mass is 16.3. The molecule has 1 aromatic rings. The van der Waals surface area contributed by atoms with Gasteiger partial charge >= 0.3 is 0 Å². The molecule has 0 spiro atoms. The Hall–Kier alpha value is -1.76. The summed E-state index contributed by atoms with van der Waals surface area (Å²) in [6, 6.07) is 7.45. The molecule has 2 rings (SSSR count). The molecule has 1 N–H and O–H groups in total. The van der Waals surface area contributed by atoms with Crippen molar-refractivity contribution in [2.24, 2.45) is 0 Å². The van der Waals surface area contributed by atoms with E-state index in [9.17, 15) is 5.11 Å². The lowest BCUT2D eigenvalue weighted by atomic mass is 10.0. The van der Waals surface area contributed by atoms with Crippen molar-refractivity contribution in [2.75, 3.05) is 0 Å². The van der Waals surface area contributed by atoms with Crippen molar-refractivity contribution in [1.82, 2.24) is 0 Å². The summed E-state index contributed by atoms with van der Waals surface area (Å²) in [5.74, 6) is 0.331. The second-order valence-electron chi connectivity index (χ2n) is 5.04. The lowest BCUT2D eigenvalue weighted by Gasteiger charge is -2.05. The number of allylic oxidation sites excluding steroid dienone is 6. The lowest BCUT2D eigenvalue weighted by Crippen LogP contribution is -1.87. The standard InChI is InChI=1S/C18H22O/c1-2-3-4-6-16-7-5-8-17(16)12-9-15-10-13-18(19)14-11-15/h5,7-8,10-14,19H,2-4,6,9H2,1H3. The first-order valence-electron chi connectivity index (χ1n) is 7.15. The molecule has 0 fully saturated rings. The Morgan fingerprint density at radius 1 is 1.11 bits per heavy atom. The minimum atomic E-state index is 0.331. The van der Waals surface area contributed by atoms with Crippen LogP contribution >= 0.6 is 0 Å². The largest absolute Gasteiger partial charge is 0.508 e. The van der Waals surface area contributed by atoms with Gasteiger partial charge in [0.1, 0.15) is 5.75 Å². The molecule has 1 aromatic carbocycles. The van der Waals surface area contributed by atoms with Crippen molar-refractivity contribution >= 4 is 0 Å². The van der Waals surface area contributed by atoms with Gasteiger partial charge in [-0.25, -0.2) is 0 Å². The van der Waals surface area contributed by atoms with Gasteiger partial charge in [0, 0.05) is 0 Å². The van der Waals surface area contributed by atoms with E-state index in [0.717, 1.165) is 6.42 Å². The van der Waals surface area contributed by atoms with Gasteiger partial charge in [0.05, 0.1) is 0 Å². The molecule has 0 aliphatic heterocycles. The zero-order chi connectivity index (χ0) is 13.5. The maximum Gasteiger partial charge on any atom is 0.115 e. The van der Waals surface area contributed by atoms with Crippen molar-refractivity contribution in [3.8, 4) is 5.75 Å². The SMILES string of the molecule is CCCCCC1=CC=CC1=CCc1ccc(O)cc1. The fourth-order valence-corrected chi connectivity index (χ4v) is 2.32. The first kappa shape index (κ1) is 13.7. The van der Waals surface area contributed by atoms with Crippen LogP contribution in [0.3, 0.4) is 0 Å². The highest BCUT2D eigenvalue weighted by molar-refractivity contribution is 5.48. The molecule has 1 nitrogen and oxygen atoms in total. The number of aromatic hydroxyl groups is 1. The van der Waals surface area contributed by atoms with Crippen LogP contribution in [0.2, 0.25) is 0 Å². The predicted molar refractivity (Wildman–Crippen MR) is 81.3 cm³/mol. The van der Waals surface area contributed by atoms with Gasteiger partial charge in [0.15, 0.2) is 0 Å². The normalized spacial score (nSPS) is 16.1. The maximum absolute atomic E-state index is 9.26. The Morgan fingerprint density at radius 3 is 2.63 bits per heavy atom. The van der Waals surface area contributed by atoms with Gasteiger partial charge in [-0.2, -0.15) is 0 Å². The van der Waals surface area contributed by atoms with Crippen LogP contribution in [-0.4, -0.2) is 5.11 Å². The minimum Gasteiger partial charge on any atom is -0.508 e. The van der Waals surface area contributed by atoms with Crippen LogP contribution in [0.25, 0.3) is 0 Å². The third kappa shape index (κ3) is 4.13. The second kappa shape index (κ2) is 6.98. The third-order valence-corrected chi connectivity index (χ3v) is 3.49. The Morgan fingerprint density at radius 2 is 1.89 bits per heavy atom. The van der Waals surface area contributed by atoms with Gasteiger partial charge in [-0.15, -0.1) is 0 Å². The molecule has 1 aliphatic rings. The van der Waals surface area contributed by atoms with E-state index in [1.165, 1.54) is 42.4 Å². The van der Waals surface area contributed by atoms with E-state index in [4.69, 9.17) is 0 Å². The van der Waals surface area contributed by atoms with Gasteiger partial charge in [-0.05, 0) is 48.1 Å². The number of phenolic OH excluding ortho intramolecular Hbond substituents is 1. The van der Waals surface area contributed by atoms with E-state index in [1.54, 1.807) is 12.1 Å². The van der Waals surface area contributed by atoms with Crippen molar-refractivity contribution in [1.29, 1.82) is 0 Å². The number of rotatable bonds is 6.